The molecule has 0 amide bonds. The van der Waals surface area contributed by atoms with Gasteiger partial charge in [0.25, 0.3) is 0 Å². The Balaban J connectivity index is 1.83. The fraction of sp³-hybridized carbons (Fsp3) is 0.267. The van der Waals surface area contributed by atoms with Crippen LogP contribution in [0.4, 0.5) is 11.8 Å². The van der Waals surface area contributed by atoms with Gasteiger partial charge in [0.05, 0.1) is 5.39 Å². The van der Waals surface area contributed by atoms with Gasteiger partial charge in [0, 0.05) is 39.0 Å². The maximum Gasteiger partial charge on any atom is 0.225 e. The smallest absolute Gasteiger partial charge is 0.225 e. The van der Waals surface area contributed by atoms with Crippen LogP contribution in [-0.2, 0) is 6.42 Å². The van der Waals surface area contributed by atoms with E-state index in [1.165, 1.54) is 0 Å². The van der Waals surface area contributed by atoms with E-state index in [-0.39, 0.29) is 0 Å². The summed E-state index contributed by atoms with van der Waals surface area (Å²) in [6.45, 7) is 0.863. The Kier molecular flexibility index (Phi) is 3.96. The van der Waals surface area contributed by atoms with Gasteiger partial charge in [-0.05, 0) is 23.6 Å². The minimum absolute atomic E-state index is 0.657. The molecule has 3 rings (SSSR count). The van der Waals surface area contributed by atoms with Crippen molar-refractivity contribution in [1.82, 2.24) is 15.0 Å². The summed E-state index contributed by atoms with van der Waals surface area (Å²) < 4.78 is 0. The molecule has 0 unspecified atom stereocenters. The third-order valence-corrected chi connectivity index (χ3v) is 4.13. The molecule has 21 heavy (non-hydrogen) atoms. The molecule has 0 atom stereocenters. The lowest BCUT2D eigenvalue weighted by Crippen LogP contribution is -2.22. The number of hydrogen-bond donors (Lipinski definition) is 1. The first-order chi connectivity index (χ1) is 10.3. The highest BCUT2D eigenvalue weighted by Gasteiger charge is 2.12. The molecule has 108 valence electrons. The number of fused-ring (bicyclic) bond motifs is 1. The Hall–Kier alpha value is -2.21. The largest absolute Gasteiger partial charge is 0.359 e. The molecule has 5 nitrogen and oxygen atoms in total. The molecule has 3 aromatic rings. The van der Waals surface area contributed by atoms with Crippen molar-refractivity contribution in [3.8, 4) is 0 Å². The van der Waals surface area contributed by atoms with Crippen LogP contribution in [0.2, 0.25) is 0 Å². The van der Waals surface area contributed by atoms with E-state index >= 15 is 0 Å². The number of nitrogens with zero attached hydrogens (tertiary/aromatic N) is 4. The van der Waals surface area contributed by atoms with Crippen molar-refractivity contribution in [2.45, 2.75) is 6.42 Å². The highest BCUT2D eigenvalue weighted by atomic mass is 32.1. The van der Waals surface area contributed by atoms with Gasteiger partial charge in [0.15, 0.2) is 0 Å². The van der Waals surface area contributed by atoms with E-state index in [1.807, 2.05) is 31.4 Å². The molecule has 0 fully saturated rings. The fourth-order valence-electron chi connectivity index (χ4n) is 2.18. The Morgan fingerprint density at radius 3 is 2.90 bits per heavy atom. The second-order valence-electron chi connectivity index (χ2n) is 4.75. The van der Waals surface area contributed by atoms with Gasteiger partial charge >= 0.3 is 0 Å². The van der Waals surface area contributed by atoms with Gasteiger partial charge in [0.2, 0.25) is 5.95 Å². The highest BCUT2D eigenvalue weighted by molar-refractivity contribution is 7.16. The number of pyridine rings is 1. The maximum absolute atomic E-state index is 4.59. The van der Waals surface area contributed by atoms with Crippen molar-refractivity contribution in [2.24, 2.45) is 0 Å². The number of nitrogens with one attached hydrogen (secondary N) is 1. The quantitative estimate of drug-likeness (QED) is 0.785. The second-order valence-corrected chi connectivity index (χ2v) is 5.65. The van der Waals surface area contributed by atoms with E-state index in [9.17, 15) is 0 Å². The summed E-state index contributed by atoms with van der Waals surface area (Å²) in [5.41, 5.74) is 1.09. The van der Waals surface area contributed by atoms with Crippen LogP contribution in [0.1, 0.15) is 5.69 Å². The number of hydrogen-bond acceptors (Lipinski definition) is 6. The fourth-order valence-corrected chi connectivity index (χ4v) is 2.94. The third kappa shape index (κ3) is 2.95. The van der Waals surface area contributed by atoms with Crippen LogP contribution in [0.25, 0.3) is 10.2 Å². The molecule has 0 spiro atoms. The van der Waals surface area contributed by atoms with E-state index in [4.69, 9.17) is 0 Å². The molecule has 0 aliphatic rings. The molecule has 6 heteroatoms. The van der Waals surface area contributed by atoms with Gasteiger partial charge < -0.3 is 10.2 Å². The van der Waals surface area contributed by atoms with Crippen molar-refractivity contribution in [2.75, 3.05) is 30.9 Å². The van der Waals surface area contributed by atoms with E-state index in [2.05, 4.69) is 43.7 Å². The molecular formula is C15H17N5S. The van der Waals surface area contributed by atoms with Crippen molar-refractivity contribution < 1.29 is 0 Å². The standard InChI is InChI=1S/C15H17N5S/c1-16-15-18-13(12-7-10-21-14(12)19-15)20(2)9-6-11-5-3-4-8-17-11/h3-5,7-8,10H,6,9H2,1-2H3,(H,16,18,19). The van der Waals surface area contributed by atoms with Crippen LogP contribution < -0.4 is 10.2 Å². The summed E-state index contributed by atoms with van der Waals surface area (Å²) in [4.78, 5) is 16.6. The second kappa shape index (κ2) is 6.05. The first-order valence-corrected chi connectivity index (χ1v) is 7.70. The molecule has 1 N–H and O–H groups in total. The predicted molar refractivity (Wildman–Crippen MR) is 88.2 cm³/mol. The number of aromatic nitrogens is 3. The molecule has 0 aromatic carbocycles. The van der Waals surface area contributed by atoms with Crippen LogP contribution in [0.5, 0.6) is 0 Å². The molecule has 3 heterocycles. The molecule has 0 saturated heterocycles. The van der Waals surface area contributed by atoms with Gasteiger partial charge in [-0.2, -0.15) is 4.98 Å². The molecule has 0 radical (unpaired) electrons. The highest BCUT2D eigenvalue weighted by Crippen LogP contribution is 2.28. The molecule has 0 bridgehead atoms. The summed E-state index contributed by atoms with van der Waals surface area (Å²) in [6, 6.07) is 8.08. The van der Waals surface area contributed by atoms with Crippen molar-refractivity contribution in [3.63, 3.8) is 0 Å². The molecule has 0 aliphatic heterocycles. The average molecular weight is 299 g/mol. The Labute approximate surface area is 127 Å². The van der Waals surface area contributed by atoms with E-state index in [0.29, 0.717) is 5.95 Å². The van der Waals surface area contributed by atoms with Gasteiger partial charge in [-0.25, -0.2) is 4.98 Å². The SMILES string of the molecule is CNc1nc(N(C)CCc2ccccn2)c2ccsc2n1. The zero-order chi connectivity index (χ0) is 14.7. The lowest BCUT2D eigenvalue weighted by Gasteiger charge is -2.19. The molecule has 0 aliphatic carbocycles. The van der Waals surface area contributed by atoms with E-state index < -0.39 is 0 Å². The Bertz CT molecular complexity index is 725. The van der Waals surface area contributed by atoms with Crippen molar-refractivity contribution in [3.05, 3.63) is 41.5 Å². The molecule has 3 aromatic heterocycles. The summed E-state index contributed by atoms with van der Waals surface area (Å²) >= 11 is 1.63. The topological polar surface area (TPSA) is 53.9 Å². The van der Waals surface area contributed by atoms with E-state index in [0.717, 1.165) is 34.7 Å². The summed E-state index contributed by atoms with van der Waals surface area (Å²) in [5, 5.41) is 6.17. The summed E-state index contributed by atoms with van der Waals surface area (Å²) in [6.07, 6.45) is 2.72. The zero-order valence-corrected chi connectivity index (χ0v) is 12.9. The van der Waals surface area contributed by atoms with Crippen LogP contribution in [-0.4, -0.2) is 35.6 Å². The maximum atomic E-state index is 4.59. The van der Waals surface area contributed by atoms with Crippen molar-refractivity contribution in [1.29, 1.82) is 0 Å². The normalized spacial score (nSPS) is 10.8. The first-order valence-electron chi connectivity index (χ1n) is 6.82. The average Bonchev–Trinajstić information content (AvgIpc) is 3.01. The predicted octanol–water partition coefficient (Wildman–Crippen LogP) is 2.81. The Morgan fingerprint density at radius 2 is 2.14 bits per heavy atom. The van der Waals surface area contributed by atoms with Gasteiger partial charge in [0.1, 0.15) is 10.6 Å². The number of rotatable bonds is 5. The van der Waals surface area contributed by atoms with E-state index in [1.54, 1.807) is 11.3 Å². The Morgan fingerprint density at radius 1 is 1.24 bits per heavy atom. The third-order valence-electron chi connectivity index (χ3n) is 3.32. The number of likely N-dealkylation sites (N-methyl/N-ethyl adjacent to an activating group) is 1. The van der Waals surface area contributed by atoms with Crippen LogP contribution in [0.3, 0.4) is 0 Å². The monoisotopic (exact) mass is 299 g/mol. The van der Waals surface area contributed by atoms with Gasteiger partial charge in [-0.3, -0.25) is 4.98 Å². The van der Waals surface area contributed by atoms with Crippen LogP contribution in [0.15, 0.2) is 35.8 Å². The molecular weight excluding hydrogens is 282 g/mol. The number of anilines is 2. The van der Waals surface area contributed by atoms with Gasteiger partial charge in [-0.15, -0.1) is 11.3 Å². The van der Waals surface area contributed by atoms with Crippen molar-refractivity contribution >= 4 is 33.3 Å². The lowest BCUT2D eigenvalue weighted by atomic mass is 10.2. The lowest BCUT2D eigenvalue weighted by molar-refractivity contribution is 0.842. The number of thiophene rings is 1. The van der Waals surface area contributed by atoms with Crippen LogP contribution in [0, 0.1) is 0 Å². The summed E-state index contributed by atoms with van der Waals surface area (Å²) in [5.74, 6) is 1.62. The minimum Gasteiger partial charge on any atom is -0.359 e. The zero-order valence-electron chi connectivity index (χ0n) is 12.1. The van der Waals surface area contributed by atoms with Gasteiger partial charge in [-0.1, -0.05) is 6.07 Å². The summed E-state index contributed by atoms with van der Waals surface area (Å²) in [7, 11) is 3.90. The first kappa shape index (κ1) is 13.8. The minimum atomic E-state index is 0.657. The molecule has 0 saturated carbocycles. The van der Waals surface area contributed by atoms with Crippen LogP contribution >= 0.6 is 11.3 Å².